The predicted molar refractivity (Wildman–Crippen MR) is 91.5 cm³/mol. The highest BCUT2D eigenvalue weighted by molar-refractivity contribution is 7.99. The average Bonchev–Trinajstić information content (AvgIpc) is 3.09. The number of carbonyl (C=O) groups excluding carboxylic acids is 1. The summed E-state index contributed by atoms with van der Waals surface area (Å²) in [5.41, 5.74) is 1.20. The van der Waals surface area contributed by atoms with Crippen LogP contribution in [0.25, 0.3) is 0 Å². The summed E-state index contributed by atoms with van der Waals surface area (Å²) in [6, 6.07) is 10.6. The van der Waals surface area contributed by atoms with E-state index in [1.165, 1.54) is 6.20 Å². The van der Waals surface area contributed by atoms with Crippen LogP contribution in [-0.4, -0.2) is 35.6 Å². The Hall–Kier alpha value is -2.21. The largest absolute Gasteiger partial charge is 0.497 e. The molecule has 0 bridgehead atoms. The van der Waals surface area contributed by atoms with Gasteiger partial charge in [0.15, 0.2) is 0 Å². The molecular weight excluding hydrogens is 312 g/mol. The van der Waals surface area contributed by atoms with Crippen molar-refractivity contribution in [3.63, 3.8) is 0 Å². The van der Waals surface area contributed by atoms with E-state index in [9.17, 15) is 4.79 Å². The number of aromatic nitrogens is 1. The van der Waals surface area contributed by atoms with Crippen LogP contribution in [0.15, 0.2) is 42.6 Å². The first kappa shape index (κ1) is 15.7. The summed E-state index contributed by atoms with van der Waals surface area (Å²) >= 11 is 1.89. The van der Waals surface area contributed by atoms with Gasteiger partial charge >= 0.3 is 0 Å². The van der Waals surface area contributed by atoms with Gasteiger partial charge in [-0.3, -0.25) is 4.79 Å². The van der Waals surface area contributed by atoms with E-state index < -0.39 is 0 Å². The quantitative estimate of drug-likeness (QED) is 0.912. The molecule has 1 aliphatic rings. The van der Waals surface area contributed by atoms with E-state index in [2.05, 4.69) is 10.3 Å². The van der Waals surface area contributed by atoms with Crippen LogP contribution in [0, 0.1) is 0 Å². The highest BCUT2D eigenvalue weighted by Gasteiger charge is 2.17. The van der Waals surface area contributed by atoms with Gasteiger partial charge in [0, 0.05) is 23.7 Å². The van der Waals surface area contributed by atoms with Gasteiger partial charge in [0.25, 0.3) is 5.91 Å². The molecule has 23 heavy (non-hydrogen) atoms. The standard InChI is InChI=1S/C17H18N2O3S/c1-21-14-5-3-13(4-6-14)19-17(20)12-2-7-16(18-10-12)22-15-8-9-23-11-15/h2-7,10,15H,8-9,11H2,1H3,(H,19,20). The second kappa shape index (κ2) is 7.37. The van der Waals surface area contributed by atoms with Gasteiger partial charge in [0.2, 0.25) is 5.88 Å². The topological polar surface area (TPSA) is 60.5 Å². The van der Waals surface area contributed by atoms with Crippen LogP contribution in [0.4, 0.5) is 5.69 Å². The van der Waals surface area contributed by atoms with Crippen LogP contribution < -0.4 is 14.8 Å². The van der Waals surface area contributed by atoms with Gasteiger partial charge in [-0.25, -0.2) is 4.98 Å². The molecular formula is C17H18N2O3S. The fourth-order valence-corrected chi connectivity index (χ4v) is 3.33. The molecule has 3 rings (SSSR count). The van der Waals surface area contributed by atoms with Gasteiger partial charge in [0.05, 0.1) is 12.7 Å². The van der Waals surface area contributed by atoms with Crippen molar-refractivity contribution < 1.29 is 14.3 Å². The van der Waals surface area contributed by atoms with E-state index in [1.54, 1.807) is 43.5 Å². The second-order valence-corrected chi connectivity index (χ2v) is 6.32. The van der Waals surface area contributed by atoms with Gasteiger partial charge in [0.1, 0.15) is 11.9 Å². The van der Waals surface area contributed by atoms with Crippen molar-refractivity contribution >= 4 is 23.4 Å². The molecule has 1 unspecified atom stereocenters. The van der Waals surface area contributed by atoms with Gasteiger partial charge < -0.3 is 14.8 Å². The number of nitrogens with one attached hydrogen (secondary N) is 1. The lowest BCUT2D eigenvalue weighted by Crippen LogP contribution is -2.16. The van der Waals surface area contributed by atoms with Gasteiger partial charge in [-0.05, 0) is 42.5 Å². The van der Waals surface area contributed by atoms with Crippen molar-refractivity contribution in [1.29, 1.82) is 0 Å². The minimum Gasteiger partial charge on any atom is -0.497 e. The first-order chi connectivity index (χ1) is 11.2. The molecule has 1 N–H and O–H groups in total. The molecule has 1 aliphatic heterocycles. The molecule has 2 heterocycles. The molecule has 6 heteroatoms. The number of amides is 1. The Balaban J connectivity index is 1.60. The number of hydrogen-bond donors (Lipinski definition) is 1. The molecule has 0 saturated carbocycles. The van der Waals surface area contributed by atoms with Crippen molar-refractivity contribution in [3.05, 3.63) is 48.2 Å². The lowest BCUT2D eigenvalue weighted by atomic mass is 10.2. The zero-order valence-corrected chi connectivity index (χ0v) is 13.6. The summed E-state index contributed by atoms with van der Waals surface area (Å²) < 4.78 is 10.9. The van der Waals surface area contributed by atoms with E-state index in [4.69, 9.17) is 9.47 Å². The summed E-state index contributed by atoms with van der Waals surface area (Å²) in [4.78, 5) is 16.4. The summed E-state index contributed by atoms with van der Waals surface area (Å²) in [5, 5.41) is 2.82. The molecule has 1 saturated heterocycles. The lowest BCUT2D eigenvalue weighted by molar-refractivity contribution is 0.102. The summed E-state index contributed by atoms with van der Waals surface area (Å²) in [7, 11) is 1.60. The Bertz CT molecular complexity index is 653. The molecule has 2 aromatic rings. The number of hydrogen-bond acceptors (Lipinski definition) is 5. The van der Waals surface area contributed by atoms with E-state index in [-0.39, 0.29) is 12.0 Å². The van der Waals surface area contributed by atoms with Gasteiger partial charge in [-0.2, -0.15) is 11.8 Å². The Morgan fingerprint density at radius 2 is 2.09 bits per heavy atom. The smallest absolute Gasteiger partial charge is 0.257 e. The molecule has 0 spiro atoms. The minimum atomic E-state index is -0.203. The fourth-order valence-electron chi connectivity index (χ4n) is 2.24. The van der Waals surface area contributed by atoms with Crippen LogP contribution in [0.1, 0.15) is 16.8 Å². The Labute approximate surface area is 139 Å². The summed E-state index contributed by atoms with van der Waals surface area (Å²) in [6.07, 6.45) is 2.81. The number of ether oxygens (including phenoxy) is 2. The van der Waals surface area contributed by atoms with Crippen molar-refractivity contribution in [2.75, 3.05) is 23.9 Å². The molecule has 1 atom stereocenters. The second-order valence-electron chi connectivity index (χ2n) is 5.17. The van der Waals surface area contributed by atoms with Crippen molar-refractivity contribution in [2.24, 2.45) is 0 Å². The van der Waals surface area contributed by atoms with Gasteiger partial charge in [-0.15, -0.1) is 0 Å². The number of carbonyl (C=O) groups is 1. The molecule has 0 radical (unpaired) electrons. The monoisotopic (exact) mass is 330 g/mol. The van der Waals surface area contributed by atoms with E-state index in [1.807, 2.05) is 11.8 Å². The fraction of sp³-hybridized carbons (Fsp3) is 0.294. The van der Waals surface area contributed by atoms with E-state index >= 15 is 0 Å². The van der Waals surface area contributed by atoms with Crippen molar-refractivity contribution in [3.8, 4) is 11.6 Å². The van der Waals surface area contributed by atoms with Crippen molar-refractivity contribution in [2.45, 2.75) is 12.5 Å². The Kier molecular flexibility index (Phi) is 5.02. The first-order valence-electron chi connectivity index (χ1n) is 7.40. The number of anilines is 1. The minimum absolute atomic E-state index is 0.203. The molecule has 1 fully saturated rings. The highest BCUT2D eigenvalue weighted by atomic mass is 32.2. The van der Waals surface area contributed by atoms with E-state index in [0.29, 0.717) is 17.1 Å². The summed E-state index contributed by atoms with van der Waals surface area (Å²) in [5.74, 6) is 3.24. The number of methoxy groups -OCH3 is 1. The number of nitrogens with zero attached hydrogens (tertiary/aromatic N) is 1. The maximum atomic E-state index is 12.2. The zero-order chi connectivity index (χ0) is 16.1. The third-order valence-electron chi connectivity index (χ3n) is 3.52. The lowest BCUT2D eigenvalue weighted by Gasteiger charge is -2.11. The molecule has 120 valence electrons. The number of benzene rings is 1. The Morgan fingerprint density at radius 1 is 1.26 bits per heavy atom. The highest BCUT2D eigenvalue weighted by Crippen LogP contribution is 2.22. The van der Waals surface area contributed by atoms with Crippen LogP contribution in [0.3, 0.4) is 0 Å². The molecule has 1 amide bonds. The van der Waals surface area contributed by atoms with E-state index in [0.717, 1.165) is 23.7 Å². The number of thioether (sulfide) groups is 1. The molecule has 5 nitrogen and oxygen atoms in total. The summed E-state index contributed by atoms with van der Waals surface area (Å²) in [6.45, 7) is 0. The normalized spacial score (nSPS) is 16.8. The predicted octanol–water partition coefficient (Wildman–Crippen LogP) is 3.23. The van der Waals surface area contributed by atoms with Crippen LogP contribution in [0.2, 0.25) is 0 Å². The third kappa shape index (κ3) is 4.16. The molecule has 1 aromatic heterocycles. The number of rotatable bonds is 5. The molecule has 1 aromatic carbocycles. The zero-order valence-electron chi connectivity index (χ0n) is 12.8. The maximum absolute atomic E-state index is 12.2. The maximum Gasteiger partial charge on any atom is 0.257 e. The van der Waals surface area contributed by atoms with Crippen LogP contribution in [0.5, 0.6) is 11.6 Å². The number of pyridine rings is 1. The first-order valence-corrected chi connectivity index (χ1v) is 8.56. The van der Waals surface area contributed by atoms with Crippen LogP contribution >= 0.6 is 11.8 Å². The average molecular weight is 330 g/mol. The SMILES string of the molecule is COc1ccc(NC(=O)c2ccc(OC3CCSC3)nc2)cc1. The van der Waals surface area contributed by atoms with Gasteiger partial charge in [-0.1, -0.05) is 0 Å². The molecule has 0 aliphatic carbocycles. The Morgan fingerprint density at radius 3 is 2.70 bits per heavy atom. The van der Waals surface area contributed by atoms with Crippen LogP contribution in [-0.2, 0) is 0 Å². The van der Waals surface area contributed by atoms with Crippen molar-refractivity contribution in [1.82, 2.24) is 4.98 Å². The third-order valence-corrected chi connectivity index (χ3v) is 4.65.